The van der Waals surface area contributed by atoms with Gasteiger partial charge in [-0.05, 0) is 41.8 Å². The van der Waals surface area contributed by atoms with E-state index in [1.54, 1.807) is 6.26 Å². The molecule has 0 fully saturated rings. The molecule has 3 nitrogen and oxygen atoms in total. The number of hydrogen-bond donors (Lipinski definition) is 1. The largest absolute Gasteiger partial charge is 0.464 e. The highest BCUT2D eigenvalue weighted by atomic mass is 16.3. The molecule has 3 heteroatoms. The fourth-order valence-electron chi connectivity index (χ4n) is 3.30. The smallest absolute Gasteiger partial charge is 0.133 e. The van der Waals surface area contributed by atoms with E-state index in [-0.39, 0.29) is 0 Å². The number of fused-ring (bicyclic) bond motifs is 3. The molecule has 0 unspecified atom stereocenters. The SMILES string of the molecule is c1ccc2[nH]ccc2c1.c1ccc2ncccc2c1.c1ccc2occc2c1.c1ccccc1. The second kappa shape index (κ2) is 12.4. The summed E-state index contributed by atoms with van der Waals surface area (Å²) in [5.74, 6) is 0. The minimum atomic E-state index is 0.956. The van der Waals surface area contributed by atoms with E-state index in [4.69, 9.17) is 4.42 Å². The Morgan fingerprint density at radius 2 is 1.12 bits per heavy atom. The lowest BCUT2D eigenvalue weighted by Gasteiger charge is -1.91. The number of aromatic amines is 1. The molecule has 3 heterocycles. The molecule has 4 aromatic carbocycles. The van der Waals surface area contributed by atoms with Gasteiger partial charge < -0.3 is 9.40 Å². The van der Waals surface area contributed by atoms with Gasteiger partial charge in [0.05, 0.1) is 11.8 Å². The Labute approximate surface area is 199 Å². The van der Waals surface area contributed by atoms with Gasteiger partial charge in [0.15, 0.2) is 0 Å². The quantitative estimate of drug-likeness (QED) is 0.256. The third-order valence-corrected chi connectivity index (χ3v) is 5.00. The lowest BCUT2D eigenvalue weighted by atomic mass is 10.2. The molecule has 3 aromatic heterocycles. The zero-order valence-electron chi connectivity index (χ0n) is 18.8. The van der Waals surface area contributed by atoms with Gasteiger partial charge in [0.1, 0.15) is 5.58 Å². The van der Waals surface area contributed by atoms with Gasteiger partial charge in [-0.3, -0.25) is 4.98 Å². The maximum Gasteiger partial charge on any atom is 0.133 e. The van der Waals surface area contributed by atoms with Gasteiger partial charge in [-0.2, -0.15) is 0 Å². The predicted octanol–water partition coefficient (Wildman–Crippen LogP) is 8.52. The Morgan fingerprint density at radius 1 is 0.500 bits per heavy atom. The Balaban J connectivity index is 0.000000109. The van der Waals surface area contributed by atoms with Gasteiger partial charge in [-0.15, -0.1) is 0 Å². The molecule has 0 spiro atoms. The second-order valence-corrected chi connectivity index (χ2v) is 7.37. The van der Waals surface area contributed by atoms with Crippen molar-refractivity contribution in [1.29, 1.82) is 0 Å². The van der Waals surface area contributed by atoms with Crippen LogP contribution >= 0.6 is 0 Å². The summed E-state index contributed by atoms with van der Waals surface area (Å²) >= 11 is 0. The number of nitrogens with one attached hydrogen (secondary N) is 1. The van der Waals surface area contributed by atoms with E-state index in [0.29, 0.717) is 0 Å². The first-order valence-electron chi connectivity index (χ1n) is 11.1. The molecule has 34 heavy (non-hydrogen) atoms. The van der Waals surface area contributed by atoms with Crippen LogP contribution in [0.1, 0.15) is 0 Å². The first-order valence-corrected chi connectivity index (χ1v) is 11.1. The normalized spacial score (nSPS) is 9.76. The molecule has 0 aliphatic rings. The van der Waals surface area contributed by atoms with Crippen molar-refractivity contribution in [2.45, 2.75) is 0 Å². The molecular formula is C31H26N2O. The molecule has 0 bridgehead atoms. The Kier molecular flexibility index (Phi) is 8.24. The Hall–Kier alpha value is -4.63. The number of nitrogens with zero attached hydrogens (tertiary/aromatic N) is 1. The van der Waals surface area contributed by atoms with E-state index in [0.717, 1.165) is 16.5 Å². The van der Waals surface area contributed by atoms with Crippen molar-refractivity contribution in [2.75, 3.05) is 0 Å². The van der Waals surface area contributed by atoms with Crippen molar-refractivity contribution in [1.82, 2.24) is 9.97 Å². The van der Waals surface area contributed by atoms with Crippen molar-refractivity contribution < 1.29 is 4.42 Å². The minimum absolute atomic E-state index is 0.956. The summed E-state index contributed by atoms with van der Waals surface area (Å²) in [6.07, 6.45) is 5.46. The van der Waals surface area contributed by atoms with E-state index in [2.05, 4.69) is 40.3 Å². The van der Waals surface area contributed by atoms with E-state index in [9.17, 15) is 0 Å². The molecule has 7 rings (SSSR count). The monoisotopic (exact) mass is 442 g/mol. The number of H-pyrrole nitrogens is 1. The highest BCUT2D eigenvalue weighted by Crippen LogP contribution is 2.13. The van der Waals surface area contributed by atoms with Gasteiger partial charge in [-0.1, -0.05) is 97.1 Å². The number of pyridine rings is 1. The number of para-hydroxylation sites is 3. The molecule has 0 radical (unpaired) electrons. The molecule has 0 atom stereocenters. The van der Waals surface area contributed by atoms with Crippen LogP contribution < -0.4 is 0 Å². The maximum absolute atomic E-state index is 5.12. The fraction of sp³-hybridized carbons (Fsp3) is 0. The summed E-state index contributed by atoms with van der Waals surface area (Å²) in [5.41, 5.74) is 3.22. The zero-order chi connectivity index (χ0) is 23.3. The first kappa shape index (κ1) is 22.6. The fourth-order valence-corrected chi connectivity index (χ4v) is 3.30. The molecule has 7 aromatic rings. The van der Waals surface area contributed by atoms with E-state index >= 15 is 0 Å². The zero-order valence-corrected chi connectivity index (χ0v) is 18.8. The molecule has 0 aliphatic carbocycles. The lowest BCUT2D eigenvalue weighted by Crippen LogP contribution is -1.73. The summed E-state index contributed by atoms with van der Waals surface area (Å²) in [5, 5.41) is 3.64. The highest BCUT2D eigenvalue weighted by Gasteiger charge is 1.90. The third-order valence-electron chi connectivity index (χ3n) is 5.00. The van der Waals surface area contributed by atoms with E-state index in [1.807, 2.05) is 116 Å². The summed E-state index contributed by atoms with van der Waals surface area (Å²) in [6.45, 7) is 0. The number of hydrogen-bond acceptors (Lipinski definition) is 2. The number of furan rings is 1. The summed E-state index contributed by atoms with van der Waals surface area (Å²) in [7, 11) is 0. The van der Waals surface area contributed by atoms with Crippen molar-refractivity contribution in [3.63, 3.8) is 0 Å². The molecule has 1 N–H and O–H groups in total. The number of aromatic nitrogens is 2. The molecule has 166 valence electrons. The summed E-state index contributed by atoms with van der Waals surface area (Å²) in [4.78, 5) is 7.30. The van der Waals surface area contributed by atoms with Gasteiger partial charge in [0.2, 0.25) is 0 Å². The topological polar surface area (TPSA) is 41.8 Å². The van der Waals surface area contributed by atoms with Crippen molar-refractivity contribution in [3.05, 3.63) is 152 Å². The number of benzene rings is 4. The van der Waals surface area contributed by atoms with Crippen LogP contribution in [0.15, 0.2) is 157 Å². The van der Waals surface area contributed by atoms with Gasteiger partial charge in [-0.25, -0.2) is 0 Å². The van der Waals surface area contributed by atoms with Gasteiger partial charge >= 0.3 is 0 Å². The Morgan fingerprint density at radius 3 is 1.82 bits per heavy atom. The predicted molar refractivity (Wildman–Crippen MR) is 143 cm³/mol. The van der Waals surface area contributed by atoms with Gasteiger partial charge in [0.25, 0.3) is 0 Å². The van der Waals surface area contributed by atoms with Gasteiger partial charge in [0, 0.05) is 28.7 Å². The van der Waals surface area contributed by atoms with Crippen molar-refractivity contribution in [3.8, 4) is 0 Å². The molecular weight excluding hydrogens is 416 g/mol. The molecule has 0 saturated heterocycles. The molecule has 0 saturated carbocycles. The van der Waals surface area contributed by atoms with Crippen LogP contribution in [0.25, 0.3) is 32.8 Å². The van der Waals surface area contributed by atoms with Crippen LogP contribution in [0, 0.1) is 0 Å². The van der Waals surface area contributed by atoms with Crippen LogP contribution in [0.3, 0.4) is 0 Å². The van der Waals surface area contributed by atoms with Crippen LogP contribution in [-0.2, 0) is 0 Å². The Bertz CT molecular complexity index is 1300. The molecule has 0 amide bonds. The summed E-state index contributed by atoms with van der Waals surface area (Å²) < 4.78 is 5.12. The van der Waals surface area contributed by atoms with E-state index in [1.165, 1.54) is 16.3 Å². The standard InChI is InChI=1S/C9H7N.C8H7N.C8H6O.C6H6/c1-2-6-9-8(4-1)5-3-7-10-9;2*1-2-4-8-7(3-1)5-6-9-8;1-2-4-6-5-3-1/h1-7H;1-6,9H;1-6H;1-6H. The van der Waals surface area contributed by atoms with Crippen LogP contribution in [0.4, 0.5) is 0 Å². The first-order chi connectivity index (χ1) is 16.9. The highest BCUT2D eigenvalue weighted by molar-refractivity contribution is 5.79. The maximum atomic E-state index is 5.12. The summed E-state index contributed by atoms with van der Waals surface area (Å²) in [6, 6.07) is 44.3. The lowest BCUT2D eigenvalue weighted by molar-refractivity contribution is 0.616. The van der Waals surface area contributed by atoms with Crippen molar-refractivity contribution >= 4 is 32.8 Å². The van der Waals surface area contributed by atoms with Crippen LogP contribution in [0.5, 0.6) is 0 Å². The van der Waals surface area contributed by atoms with E-state index < -0.39 is 0 Å². The van der Waals surface area contributed by atoms with Crippen molar-refractivity contribution in [2.24, 2.45) is 0 Å². The third kappa shape index (κ3) is 6.68. The minimum Gasteiger partial charge on any atom is -0.464 e. The van der Waals surface area contributed by atoms with Crippen LogP contribution in [0.2, 0.25) is 0 Å². The number of rotatable bonds is 0. The average molecular weight is 443 g/mol. The van der Waals surface area contributed by atoms with Crippen LogP contribution in [-0.4, -0.2) is 9.97 Å². The average Bonchev–Trinajstić information content (AvgIpc) is 3.61. The second-order valence-electron chi connectivity index (χ2n) is 7.37. The molecule has 0 aliphatic heterocycles.